The number of carbonyl (C=O) groups is 2. The Hall–Kier alpha value is -2.29. The van der Waals surface area contributed by atoms with E-state index < -0.39 is 17.7 Å². The number of hydrogen-bond acceptors (Lipinski definition) is 8. The summed E-state index contributed by atoms with van der Waals surface area (Å²) in [5.74, 6) is -2.91. The van der Waals surface area contributed by atoms with Crippen LogP contribution in [0.3, 0.4) is 0 Å². The second-order valence-corrected chi connectivity index (χ2v) is 5.93. The average molecular weight is 309 g/mol. The van der Waals surface area contributed by atoms with Crippen molar-refractivity contribution < 1.29 is 19.1 Å². The van der Waals surface area contributed by atoms with Gasteiger partial charge in [0.05, 0.1) is 0 Å². The number of hydrogen-bond donors (Lipinski definition) is 1. The van der Waals surface area contributed by atoms with Crippen LogP contribution in [-0.4, -0.2) is 27.4 Å². The minimum absolute atomic E-state index is 0.163. The Balaban J connectivity index is 2.03. The first-order valence-corrected chi connectivity index (χ1v) is 6.85. The van der Waals surface area contributed by atoms with Crippen LogP contribution in [0.4, 0.5) is 0 Å². The van der Waals surface area contributed by atoms with Gasteiger partial charge in [0.1, 0.15) is 5.03 Å². The summed E-state index contributed by atoms with van der Waals surface area (Å²) in [7, 11) is 0. The van der Waals surface area contributed by atoms with Gasteiger partial charge in [0.2, 0.25) is 0 Å². The summed E-state index contributed by atoms with van der Waals surface area (Å²) in [6.45, 7) is 4.60. The third-order valence-corrected chi connectivity index (χ3v) is 3.69. The standard InChI is InChI=1S/C12H11N3O5S/c1-5-4-6(16)15-11(13-5)21-8(14-15)7-9(17)19-12(2,3)20-10(7)18/h4,14H,1-3H3. The molecule has 0 radical (unpaired) electrons. The van der Waals surface area contributed by atoms with Crippen molar-refractivity contribution in [1.29, 1.82) is 0 Å². The van der Waals surface area contributed by atoms with Gasteiger partial charge in [-0.25, -0.2) is 14.6 Å². The average Bonchev–Trinajstić information content (AvgIpc) is 2.69. The van der Waals surface area contributed by atoms with Gasteiger partial charge in [-0.2, -0.15) is 4.68 Å². The van der Waals surface area contributed by atoms with E-state index in [4.69, 9.17) is 9.47 Å². The van der Waals surface area contributed by atoms with Crippen LogP contribution in [-0.2, 0) is 19.1 Å². The van der Waals surface area contributed by atoms with Crippen molar-refractivity contribution >= 4 is 23.7 Å². The summed E-state index contributed by atoms with van der Waals surface area (Å²) in [4.78, 5) is 39.9. The monoisotopic (exact) mass is 309 g/mol. The van der Waals surface area contributed by atoms with E-state index >= 15 is 0 Å². The summed E-state index contributed by atoms with van der Waals surface area (Å²) >= 11 is 0.997. The van der Waals surface area contributed by atoms with Crippen molar-refractivity contribution in [2.24, 2.45) is 0 Å². The number of thioether (sulfide) groups is 1. The minimum Gasteiger partial charge on any atom is -0.419 e. The van der Waals surface area contributed by atoms with Crippen molar-refractivity contribution in [3.8, 4) is 0 Å². The maximum atomic E-state index is 12.0. The zero-order valence-electron chi connectivity index (χ0n) is 11.4. The van der Waals surface area contributed by atoms with E-state index in [1.54, 1.807) is 6.92 Å². The molecule has 3 rings (SSSR count). The molecule has 110 valence electrons. The van der Waals surface area contributed by atoms with Crippen molar-refractivity contribution in [3.63, 3.8) is 0 Å². The van der Waals surface area contributed by atoms with Crippen LogP contribution < -0.4 is 11.0 Å². The smallest absolute Gasteiger partial charge is 0.351 e. The minimum atomic E-state index is -1.31. The predicted octanol–water partition coefficient (Wildman–Crippen LogP) is 0.249. The molecule has 21 heavy (non-hydrogen) atoms. The lowest BCUT2D eigenvalue weighted by Crippen LogP contribution is -2.42. The molecule has 3 heterocycles. The number of ether oxygens (including phenoxy) is 2. The number of fused-ring (bicyclic) bond motifs is 1. The van der Waals surface area contributed by atoms with Crippen molar-refractivity contribution in [2.45, 2.75) is 31.7 Å². The quantitative estimate of drug-likeness (QED) is 0.315. The molecule has 0 atom stereocenters. The highest BCUT2D eigenvalue weighted by molar-refractivity contribution is 8.03. The second-order valence-electron chi connectivity index (χ2n) is 4.95. The zero-order valence-corrected chi connectivity index (χ0v) is 12.2. The summed E-state index contributed by atoms with van der Waals surface area (Å²) in [5.41, 5.74) is 2.60. The van der Waals surface area contributed by atoms with Gasteiger partial charge in [0.15, 0.2) is 10.7 Å². The second kappa shape index (κ2) is 4.35. The number of esters is 2. The molecule has 0 aromatic carbocycles. The van der Waals surface area contributed by atoms with Gasteiger partial charge in [-0.1, -0.05) is 0 Å². The molecular formula is C12H11N3O5S. The van der Waals surface area contributed by atoms with Crippen molar-refractivity contribution in [1.82, 2.24) is 9.66 Å². The molecule has 8 nitrogen and oxygen atoms in total. The Morgan fingerprint density at radius 2 is 1.86 bits per heavy atom. The maximum Gasteiger partial charge on any atom is 0.351 e. The highest BCUT2D eigenvalue weighted by Crippen LogP contribution is 2.34. The van der Waals surface area contributed by atoms with Crippen LogP contribution in [0.1, 0.15) is 19.5 Å². The van der Waals surface area contributed by atoms with E-state index in [9.17, 15) is 14.4 Å². The largest absolute Gasteiger partial charge is 0.419 e. The summed E-state index contributed by atoms with van der Waals surface area (Å²) in [6, 6.07) is 1.34. The molecule has 2 aliphatic rings. The summed E-state index contributed by atoms with van der Waals surface area (Å²) < 4.78 is 11.2. The van der Waals surface area contributed by atoms with E-state index in [1.807, 2.05) is 0 Å². The molecule has 1 N–H and O–H groups in total. The first kappa shape index (κ1) is 13.7. The van der Waals surface area contributed by atoms with E-state index in [-0.39, 0.29) is 16.2 Å². The first-order valence-electron chi connectivity index (χ1n) is 6.03. The van der Waals surface area contributed by atoms with Gasteiger partial charge in [-0.15, -0.1) is 0 Å². The van der Waals surface area contributed by atoms with Crippen LogP contribution in [0, 0.1) is 6.92 Å². The third kappa shape index (κ3) is 2.29. The fourth-order valence-electron chi connectivity index (χ4n) is 1.90. The number of aromatic nitrogens is 2. The van der Waals surface area contributed by atoms with Crippen LogP contribution in [0.5, 0.6) is 0 Å². The molecule has 1 fully saturated rings. The Morgan fingerprint density at radius 1 is 1.24 bits per heavy atom. The van der Waals surface area contributed by atoms with E-state index in [1.165, 1.54) is 19.9 Å². The number of rotatable bonds is 0. The number of carbonyl (C=O) groups excluding carboxylic acids is 2. The number of cyclic esters (lactones) is 2. The van der Waals surface area contributed by atoms with E-state index in [0.29, 0.717) is 10.9 Å². The van der Waals surface area contributed by atoms with Crippen LogP contribution in [0.25, 0.3) is 0 Å². The summed E-state index contributed by atoms with van der Waals surface area (Å²) in [6.07, 6.45) is 0. The predicted molar refractivity (Wildman–Crippen MR) is 71.7 cm³/mol. The zero-order chi connectivity index (χ0) is 15.4. The number of aryl methyl sites for hydroxylation is 1. The Morgan fingerprint density at radius 3 is 2.48 bits per heavy atom. The molecule has 0 saturated carbocycles. The lowest BCUT2D eigenvalue weighted by Gasteiger charge is -2.30. The molecule has 1 aromatic rings. The lowest BCUT2D eigenvalue weighted by molar-refractivity contribution is -0.222. The van der Waals surface area contributed by atoms with Crippen molar-refractivity contribution in [2.75, 3.05) is 5.43 Å². The van der Waals surface area contributed by atoms with Crippen LogP contribution in [0.15, 0.2) is 26.6 Å². The Bertz CT molecular complexity index is 743. The first-order chi connectivity index (χ1) is 9.77. The van der Waals surface area contributed by atoms with E-state index in [2.05, 4.69) is 10.4 Å². The normalized spacial score (nSPS) is 19.8. The van der Waals surface area contributed by atoms with Crippen molar-refractivity contribution in [3.05, 3.63) is 32.7 Å². The Labute approximate surface area is 123 Å². The van der Waals surface area contributed by atoms with Crippen LogP contribution >= 0.6 is 11.8 Å². The maximum absolute atomic E-state index is 12.0. The molecule has 0 spiro atoms. The molecule has 1 saturated heterocycles. The van der Waals surface area contributed by atoms with Gasteiger partial charge in [-0.3, -0.25) is 10.2 Å². The topological polar surface area (TPSA) is 99.5 Å². The molecule has 1 aromatic heterocycles. The van der Waals surface area contributed by atoms with Crippen LogP contribution in [0.2, 0.25) is 0 Å². The van der Waals surface area contributed by atoms with Gasteiger partial charge in [-0.05, 0) is 18.7 Å². The third-order valence-electron chi connectivity index (χ3n) is 2.74. The molecule has 0 bridgehead atoms. The highest BCUT2D eigenvalue weighted by atomic mass is 32.2. The lowest BCUT2D eigenvalue weighted by atomic mass is 10.2. The SMILES string of the molecule is Cc1cc(=O)n2c(n1)SC(=C1C(=O)OC(C)(C)OC1=O)N2. The molecule has 0 unspecified atom stereocenters. The van der Waals surface area contributed by atoms with Gasteiger partial charge < -0.3 is 9.47 Å². The van der Waals surface area contributed by atoms with Gasteiger partial charge >= 0.3 is 11.9 Å². The molecule has 9 heteroatoms. The number of nitrogens with one attached hydrogen (secondary N) is 1. The van der Waals surface area contributed by atoms with E-state index in [0.717, 1.165) is 16.4 Å². The fraction of sp³-hybridized carbons (Fsp3) is 0.333. The molecule has 0 amide bonds. The Kier molecular flexibility index (Phi) is 2.84. The molecule has 2 aliphatic heterocycles. The van der Waals surface area contributed by atoms with Gasteiger partial charge in [0.25, 0.3) is 11.3 Å². The number of nitrogens with zero attached hydrogens (tertiary/aromatic N) is 2. The molecule has 0 aliphatic carbocycles. The van der Waals surface area contributed by atoms with Gasteiger partial charge in [0, 0.05) is 25.6 Å². The highest BCUT2D eigenvalue weighted by Gasteiger charge is 2.42. The molecular weight excluding hydrogens is 298 g/mol. The fourth-order valence-corrected chi connectivity index (χ4v) is 2.91. The summed E-state index contributed by atoms with van der Waals surface area (Å²) in [5, 5.41) is 0.503.